The molecular formula is C28H26F3NO8S. The van der Waals surface area contributed by atoms with Gasteiger partial charge in [-0.25, -0.2) is 0 Å². The summed E-state index contributed by atoms with van der Waals surface area (Å²) >= 11 is 0. The molecule has 0 aliphatic carbocycles. The summed E-state index contributed by atoms with van der Waals surface area (Å²) in [6.45, 7) is 0.628. The van der Waals surface area contributed by atoms with Crippen molar-refractivity contribution in [2.45, 2.75) is 31.0 Å². The van der Waals surface area contributed by atoms with Crippen LogP contribution in [0, 0.1) is 0 Å². The van der Waals surface area contributed by atoms with Gasteiger partial charge >= 0.3 is 15.6 Å². The summed E-state index contributed by atoms with van der Waals surface area (Å²) in [6.07, 6.45) is 0.609. The second kappa shape index (κ2) is 12.2. The molecule has 0 bridgehead atoms. The van der Waals surface area contributed by atoms with Crippen LogP contribution in [0.2, 0.25) is 0 Å². The Labute approximate surface area is 234 Å². The normalized spacial score (nSPS) is 14.1. The molecule has 0 saturated carbocycles. The first-order valence-corrected chi connectivity index (χ1v) is 13.7. The minimum absolute atomic E-state index is 0.215. The Morgan fingerprint density at radius 2 is 1.56 bits per heavy atom. The molecule has 3 aromatic carbocycles. The highest BCUT2D eigenvalue weighted by Gasteiger charge is 2.50. The lowest BCUT2D eigenvalue weighted by Crippen LogP contribution is -2.34. The number of hydrogen-bond acceptors (Lipinski definition) is 8. The molecule has 0 N–H and O–H groups in total. The highest BCUT2D eigenvalue weighted by molar-refractivity contribution is 7.88. The van der Waals surface area contributed by atoms with E-state index in [-0.39, 0.29) is 18.6 Å². The lowest BCUT2D eigenvalue weighted by molar-refractivity contribution is -0.0500. The third kappa shape index (κ3) is 6.30. The minimum Gasteiger partial charge on any atom is -0.493 e. The summed E-state index contributed by atoms with van der Waals surface area (Å²) < 4.78 is 83.1. The van der Waals surface area contributed by atoms with Gasteiger partial charge in [0.1, 0.15) is 0 Å². The number of benzene rings is 3. The average Bonchev–Trinajstić information content (AvgIpc) is 3.20. The molecule has 0 aromatic heterocycles. The van der Waals surface area contributed by atoms with E-state index < -0.39 is 44.8 Å². The average molecular weight is 594 g/mol. The SMILES string of the molecule is COc1ccc([C@@H](CCCOCc2ccccc2)N2C(=O)c3cccc(OS(=O)(=O)C(F)(F)F)c3C2=O)cc1OC. The highest BCUT2D eigenvalue weighted by atomic mass is 32.2. The molecule has 1 aliphatic heterocycles. The van der Waals surface area contributed by atoms with Crippen LogP contribution >= 0.6 is 0 Å². The van der Waals surface area contributed by atoms with E-state index in [4.69, 9.17) is 14.2 Å². The van der Waals surface area contributed by atoms with Crippen LogP contribution in [0.1, 0.15) is 50.7 Å². The van der Waals surface area contributed by atoms with Crippen LogP contribution in [0.25, 0.3) is 0 Å². The molecule has 0 spiro atoms. The van der Waals surface area contributed by atoms with Crippen molar-refractivity contribution in [1.29, 1.82) is 0 Å². The third-order valence-corrected chi connectivity index (χ3v) is 7.34. The fraction of sp³-hybridized carbons (Fsp3) is 0.286. The minimum atomic E-state index is -6.09. The summed E-state index contributed by atoms with van der Waals surface area (Å²) in [6, 6.07) is 16.6. The first-order valence-electron chi connectivity index (χ1n) is 12.3. The van der Waals surface area contributed by atoms with Crippen LogP contribution in [0.4, 0.5) is 13.2 Å². The third-order valence-electron chi connectivity index (χ3n) is 6.37. The van der Waals surface area contributed by atoms with Gasteiger partial charge in [-0.1, -0.05) is 42.5 Å². The van der Waals surface area contributed by atoms with Gasteiger partial charge in [0.05, 0.1) is 38.0 Å². The molecular weight excluding hydrogens is 567 g/mol. The van der Waals surface area contributed by atoms with Crippen molar-refractivity contribution in [2.75, 3.05) is 20.8 Å². The Hall–Kier alpha value is -4.10. The number of amides is 2. The van der Waals surface area contributed by atoms with Crippen molar-refractivity contribution in [3.8, 4) is 17.2 Å². The number of imide groups is 1. The largest absolute Gasteiger partial charge is 0.534 e. The van der Waals surface area contributed by atoms with Crippen LogP contribution in [-0.4, -0.2) is 51.5 Å². The summed E-state index contributed by atoms with van der Waals surface area (Å²) in [5.74, 6) is -1.98. The Bertz CT molecular complexity index is 1530. The van der Waals surface area contributed by atoms with Crippen molar-refractivity contribution in [3.05, 3.63) is 89.0 Å². The molecule has 1 aliphatic rings. The zero-order valence-corrected chi connectivity index (χ0v) is 22.8. The van der Waals surface area contributed by atoms with Gasteiger partial charge in [0, 0.05) is 6.61 Å². The van der Waals surface area contributed by atoms with E-state index in [1.54, 1.807) is 18.2 Å². The van der Waals surface area contributed by atoms with Crippen LogP contribution in [-0.2, 0) is 21.5 Å². The molecule has 0 saturated heterocycles. The number of hydrogen-bond donors (Lipinski definition) is 0. The number of nitrogens with zero attached hydrogens (tertiary/aromatic N) is 1. The maximum atomic E-state index is 13.6. The van der Waals surface area contributed by atoms with E-state index in [1.807, 2.05) is 30.3 Å². The second-order valence-corrected chi connectivity index (χ2v) is 10.5. The molecule has 1 heterocycles. The van der Waals surface area contributed by atoms with Gasteiger partial charge in [0.2, 0.25) is 0 Å². The molecule has 1 atom stereocenters. The van der Waals surface area contributed by atoms with Gasteiger partial charge in [-0.05, 0) is 48.2 Å². The molecule has 3 aromatic rings. The van der Waals surface area contributed by atoms with Crippen LogP contribution in [0.3, 0.4) is 0 Å². The first-order chi connectivity index (χ1) is 19.5. The van der Waals surface area contributed by atoms with Crippen molar-refractivity contribution in [2.24, 2.45) is 0 Å². The van der Waals surface area contributed by atoms with Gasteiger partial charge in [-0.2, -0.15) is 21.6 Å². The quantitative estimate of drug-likeness (QED) is 0.121. The Morgan fingerprint density at radius 1 is 0.854 bits per heavy atom. The van der Waals surface area contributed by atoms with Crippen LogP contribution in [0.15, 0.2) is 66.7 Å². The second-order valence-electron chi connectivity index (χ2n) is 8.95. The monoisotopic (exact) mass is 593 g/mol. The number of ether oxygens (including phenoxy) is 3. The van der Waals surface area contributed by atoms with Gasteiger partial charge in [-0.3, -0.25) is 14.5 Å². The fourth-order valence-corrected chi connectivity index (χ4v) is 4.91. The fourth-order valence-electron chi connectivity index (χ4n) is 4.44. The maximum absolute atomic E-state index is 13.6. The van der Waals surface area contributed by atoms with Gasteiger partial charge in [0.15, 0.2) is 17.2 Å². The number of fused-ring (bicyclic) bond motifs is 1. The molecule has 13 heteroatoms. The molecule has 218 valence electrons. The lowest BCUT2D eigenvalue weighted by atomic mass is 9.99. The number of methoxy groups -OCH3 is 2. The summed E-state index contributed by atoms with van der Waals surface area (Å²) in [7, 11) is -3.23. The molecule has 41 heavy (non-hydrogen) atoms. The van der Waals surface area contributed by atoms with Crippen molar-refractivity contribution < 1.29 is 49.6 Å². The topological polar surface area (TPSA) is 108 Å². The van der Waals surface area contributed by atoms with Crippen molar-refractivity contribution >= 4 is 21.9 Å². The van der Waals surface area contributed by atoms with Gasteiger partial charge < -0.3 is 18.4 Å². The Kier molecular flexibility index (Phi) is 8.88. The number of halogens is 3. The molecule has 0 unspecified atom stereocenters. The lowest BCUT2D eigenvalue weighted by Gasteiger charge is -2.27. The van der Waals surface area contributed by atoms with Crippen LogP contribution < -0.4 is 13.7 Å². The summed E-state index contributed by atoms with van der Waals surface area (Å²) in [4.78, 5) is 28.0. The van der Waals surface area contributed by atoms with E-state index in [0.29, 0.717) is 30.1 Å². The zero-order chi connectivity index (χ0) is 29.8. The summed E-state index contributed by atoms with van der Waals surface area (Å²) in [5.41, 5.74) is -5.15. The number of alkyl halides is 3. The predicted octanol–water partition coefficient (Wildman–Crippen LogP) is 5.27. The number of carbonyl (C=O) groups is 2. The van der Waals surface area contributed by atoms with E-state index >= 15 is 0 Å². The summed E-state index contributed by atoms with van der Waals surface area (Å²) in [5, 5.41) is 0. The molecule has 9 nitrogen and oxygen atoms in total. The highest BCUT2D eigenvalue weighted by Crippen LogP contribution is 2.41. The molecule has 0 radical (unpaired) electrons. The predicted molar refractivity (Wildman–Crippen MR) is 140 cm³/mol. The van der Waals surface area contributed by atoms with E-state index in [1.165, 1.54) is 20.3 Å². The van der Waals surface area contributed by atoms with E-state index in [0.717, 1.165) is 22.6 Å². The first kappa shape index (κ1) is 29.9. The Balaban J connectivity index is 1.64. The van der Waals surface area contributed by atoms with Gasteiger partial charge in [0.25, 0.3) is 11.8 Å². The molecule has 0 fully saturated rings. The number of carbonyl (C=O) groups excluding carboxylic acids is 2. The number of rotatable bonds is 12. The van der Waals surface area contributed by atoms with Crippen molar-refractivity contribution in [1.82, 2.24) is 4.90 Å². The van der Waals surface area contributed by atoms with E-state index in [2.05, 4.69) is 4.18 Å². The standard InChI is InChI=1S/C28H26F3NO8S/c1-37-22-14-13-19(16-24(22)38-2)21(11-7-15-39-17-18-8-4-3-5-9-18)32-26(33)20-10-6-12-23(25(20)27(32)34)40-41(35,36)28(29,30)31/h3-6,8-10,12-14,16,21H,7,11,15,17H2,1-2H3/t21-/m1/s1. The maximum Gasteiger partial charge on any atom is 0.534 e. The van der Waals surface area contributed by atoms with E-state index in [9.17, 15) is 31.2 Å². The molecule has 4 rings (SSSR count). The van der Waals surface area contributed by atoms with Crippen molar-refractivity contribution in [3.63, 3.8) is 0 Å². The van der Waals surface area contributed by atoms with Crippen LogP contribution in [0.5, 0.6) is 17.2 Å². The Morgan fingerprint density at radius 3 is 2.22 bits per heavy atom. The smallest absolute Gasteiger partial charge is 0.493 e. The van der Waals surface area contributed by atoms with Gasteiger partial charge in [-0.15, -0.1) is 0 Å². The molecule has 2 amide bonds. The zero-order valence-electron chi connectivity index (χ0n) is 22.0.